The monoisotopic (exact) mass is 313 g/mol. The van der Waals surface area contributed by atoms with Gasteiger partial charge in [-0.1, -0.05) is 0 Å². The van der Waals surface area contributed by atoms with Gasteiger partial charge in [-0.15, -0.1) is 0 Å². The van der Waals surface area contributed by atoms with Crippen LogP contribution in [0.2, 0.25) is 0 Å². The second kappa shape index (κ2) is 5.43. The molecule has 0 atom stereocenters. The highest BCUT2D eigenvalue weighted by Gasteiger charge is 2.51. The first kappa shape index (κ1) is 16.2. The molecule has 23 heavy (non-hydrogen) atoms. The van der Waals surface area contributed by atoms with Gasteiger partial charge in [0, 0.05) is 11.8 Å². The first-order valence-electron chi connectivity index (χ1n) is 7.78. The zero-order valence-electron chi connectivity index (χ0n) is 14.2. The molecule has 1 saturated heterocycles. The third-order valence-electron chi connectivity index (χ3n) is 4.77. The molecule has 3 nitrogen and oxygen atoms in total. The van der Waals surface area contributed by atoms with Crippen LogP contribution in [0.1, 0.15) is 33.3 Å². The van der Waals surface area contributed by atoms with Crippen molar-refractivity contribution in [3.63, 3.8) is 0 Å². The molecule has 2 heterocycles. The molecule has 5 heteroatoms. The van der Waals surface area contributed by atoms with E-state index in [1.165, 1.54) is 12.1 Å². The first-order chi connectivity index (χ1) is 10.7. The Morgan fingerprint density at radius 3 is 2.26 bits per heavy atom. The smallest absolute Gasteiger partial charge is 0.399 e. The molecule has 1 fully saturated rings. The second-order valence-corrected chi connectivity index (χ2v) is 7.02. The lowest BCUT2D eigenvalue weighted by atomic mass is 9.79. The number of aryl methyl sites for hydroxylation is 1. The standard InChI is InChI=1S/C18H21BFNO2/c1-12-10-14(20)6-7-15(12)16-11-13(8-9-21-16)19-22-17(2,3)18(4,5)23-19/h6-11H,1-5H3. The van der Waals surface area contributed by atoms with Crippen LogP contribution in [0.3, 0.4) is 0 Å². The van der Waals surface area contributed by atoms with Gasteiger partial charge in [0.15, 0.2) is 0 Å². The van der Waals surface area contributed by atoms with Crippen molar-refractivity contribution in [2.24, 2.45) is 0 Å². The minimum Gasteiger partial charge on any atom is -0.399 e. The molecule has 120 valence electrons. The van der Waals surface area contributed by atoms with E-state index in [4.69, 9.17) is 9.31 Å². The SMILES string of the molecule is Cc1cc(F)ccc1-c1cc(B2OC(C)(C)C(C)(C)O2)ccn1. The lowest BCUT2D eigenvalue weighted by molar-refractivity contribution is 0.00578. The van der Waals surface area contributed by atoms with Crippen LogP contribution in [0.4, 0.5) is 4.39 Å². The van der Waals surface area contributed by atoms with Crippen LogP contribution in [0.25, 0.3) is 11.3 Å². The van der Waals surface area contributed by atoms with Gasteiger partial charge in [0.2, 0.25) is 0 Å². The number of halogens is 1. The van der Waals surface area contributed by atoms with Crippen LogP contribution in [0, 0.1) is 12.7 Å². The summed E-state index contributed by atoms with van der Waals surface area (Å²) in [6.45, 7) is 9.98. The highest BCUT2D eigenvalue weighted by molar-refractivity contribution is 6.62. The molecule has 0 radical (unpaired) electrons. The van der Waals surface area contributed by atoms with Crippen molar-refractivity contribution in [3.05, 3.63) is 47.9 Å². The Kier molecular flexibility index (Phi) is 3.81. The lowest BCUT2D eigenvalue weighted by Gasteiger charge is -2.32. The van der Waals surface area contributed by atoms with Crippen molar-refractivity contribution < 1.29 is 13.7 Å². The summed E-state index contributed by atoms with van der Waals surface area (Å²) in [4.78, 5) is 4.41. The molecule has 1 aromatic heterocycles. The Morgan fingerprint density at radius 2 is 1.65 bits per heavy atom. The van der Waals surface area contributed by atoms with E-state index in [-0.39, 0.29) is 17.0 Å². The van der Waals surface area contributed by atoms with E-state index in [1.807, 2.05) is 46.8 Å². The molecule has 0 amide bonds. The number of nitrogens with zero attached hydrogens (tertiary/aromatic N) is 1. The third kappa shape index (κ3) is 2.91. The minimum atomic E-state index is -0.428. The van der Waals surface area contributed by atoms with Gasteiger partial charge in [0.25, 0.3) is 0 Å². The normalized spacial score (nSPS) is 19.1. The predicted molar refractivity (Wildman–Crippen MR) is 90.1 cm³/mol. The van der Waals surface area contributed by atoms with Gasteiger partial charge < -0.3 is 9.31 Å². The molecular formula is C18H21BFNO2. The fraction of sp³-hybridized carbons (Fsp3) is 0.389. The van der Waals surface area contributed by atoms with E-state index in [0.717, 1.165) is 22.3 Å². The summed E-state index contributed by atoms with van der Waals surface area (Å²) in [7, 11) is -0.428. The summed E-state index contributed by atoms with van der Waals surface area (Å²) in [5.74, 6) is -0.242. The highest BCUT2D eigenvalue weighted by atomic mass is 19.1. The topological polar surface area (TPSA) is 31.4 Å². The molecule has 3 rings (SSSR count). The van der Waals surface area contributed by atoms with Gasteiger partial charge in [0.05, 0.1) is 16.9 Å². The largest absolute Gasteiger partial charge is 0.494 e. The summed E-state index contributed by atoms with van der Waals surface area (Å²) < 4.78 is 25.5. The Morgan fingerprint density at radius 1 is 1.00 bits per heavy atom. The summed E-state index contributed by atoms with van der Waals surface area (Å²) >= 11 is 0. The van der Waals surface area contributed by atoms with Crippen molar-refractivity contribution in [1.82, 2.24) is 4.98 Å². The molecule has 1 aliphatic rings. The number of benzene rings is 1. The van der Waals surface area contributed by atoms with E-state index in [9.17, 15) is 4.39 Å². The number of hydrogen-bond acceptors (Lipinski definition) is 3. The Bertz CT molecular complexity index is 730. The van der Waals surface area contributed by atoms with Crippen LogP contribution < -0.4 is 5.46 Å². The van der Waals surface area contributed by atoms with Crippen molar-refractivity contribution >= 4 is 12.6 Å². The van der Waals surface area contributed by atoms with E-state index < -0.39 is 7.12 Å². The van der Waals surface area contributed by atoms with Crippen molar-refractivity contribution in [2.75, 3.05) is 0 Å². The number of pyridine rings is 1. The van der Waals surface area contributed by atoms with E-state index in [1.54, 1.807) is 12.3 Å². The Labute approximate surface area is 137 Å². The van der Waals surface area contributed by atoms with Gasteiger partial charge in [-0.05, 0) is 76.0 Å². The maximum Gasteiger partial charge on any atom is 0.494 e. The quantitative estimate of drug-likeness (QED) is 0.795. The fourth-order valence-electron chi connectivity index (χ4n) is 2.63. The van der Waals surface area contributed by atoms with E-state index >= 15 is 0 Å². The van der Waals surface area contributed by atoms with E-state index in [2.05, 4.69) is 4.98 Å². The van der Waals surface area contributed by atoms with Crippen molar-refractivity contribution in [1.29, 1.82) is 0 Å². The van der Waals surface area contributed by atoms with Crippen molar-refractivity contribution in [2.45, 2.75) is 45.8 Å². The van der Waals surface area contributed by atoms with Gasteiger partial charge >= 0.3 is 7.12 Å². The summed E-state index contributed by atoms with van der Waals surface area (Å²) in [5.41, 5.74) is 2.69. The predicted octanol–water partition coefficient (Wildman–Crippen LogP) is 3.50. The van der Waals surface area contributed by atoms with E-state index in [0.29, 0.717) is 0 Å². The van der Waals surface area contributed by atoms with Crippen LogP contribution in [-0.4, -0.2) is 23.3 Å². The Balaban J connectivity index is 1.95. The zero-order chi connectivity index (χ0) is 16.8. The van der Waals surface area contributed by atoms with Crippen LogP contribution in [-0.2, 0) is 9.31 Å². The second-order valence-electron chi connectivity index (χ2n) is 7.02. The molecule has 1 aromatic carbocycles. The molecular weight excluding hydrogens is 292 g/mol. The van der Waals surface area contributed by atoms with Gasteiger partial charge in [-0.2, -0.15) is 0 Å². The summed E-state index contributed by atoms with van der Waals surface area (Å²) in [6.07, 6.45) is 1.73. The maximum absolute atomic E-state index is 13.3. The van der Waals surface area contributed by atoms with Gasteiger partial charge in [-0.3, -0.25) is 4.98 Å². The Hall–Kier alpha value is -1.72. The molecule has 0 N–H and O–H groups in total. The molecule has 1 aliphatic heterocycles. The number of hydrogen-bond donors (Lipinski definition) is 0. The zero-order valence-corrected chi connectivity index (χ0v) is 14.2. The molecule has 2 aromatic rings. The summed E-state index contributed by atoms with van der Waals surface area (Å²) in [6, 6.07) is 8.55. The molecule has 0 unspecified atom stereocenters. The summed E-state index contributed by atoms with van der Waals surface area (Å²) in [5, 5.41) is 0. The van der Waals surface area contributed by atoms with Gasteiger partial charge in [-0.25, -0.2) is 4.39 Å². The average molecular weight is 313 g/mol. The minimum absolute atomic E-state index is 0.242. The molecule has 0 bridgehead atoms. The highest BCUT2D eigenvalue weighted by Crippen LogP contribution is 2.36. The van der Waals surface area contributed by atoms with Gasteiger partial charge in [0.1, 0.15) is 5.82 Å². The number of aromatic nitrogens is 1. The first-order valence-corrected chi connectivity index (χ1v) is 7.78. The third-order valence-corrected chi connectivity index (χ3v) is 4.77. The molecule has 0 saturated carbocycles. The van der Waals surface area contributed by atoms with Crippen LogP contribution >= 0.6 is 0 Å². The number of rotatable bonds is 2. The lowest BCUT2D eigenvalue weighted by Crippen LogP contribution is -2.41. The molecule has 0 spiro atoms. The van der Waals surface area contributed by atoms with Crippen molar-refractivity contribution in [3.8, 4) is 11.3 Å². The van der Waals surface area contributed by atoms with Crippen LogP contribution in [0.15, 0.2) is 36.5 Å². The maximum atomic E-state index is 13.3. The fourth-order valence-corrected chi connectivity index (χ4v) is 2.63. The molecule has 0 aliphatic carbocycles. The van der Waals surface area contributed by atoms with Crippen LogP contribution in [0.5, 0.6) is 0 Å². The average Bonchev–Trinajstić information content (AvgIpc) is 2.68.